The van der Waals surface area contributed by atoms with Gasteiger partial charge >= 0.3 is 0 Å². The van der Waals surface area contributed by atoms with Gasteiger partial charge in [0.05, 0.1) is 5.69 Å². The first-order valence-electron chi connectivity index (χ1n) is 4.72. The van der Waals surface area contributed by atoms with E-state index in [1.54, 1.807) is 28.7 Å². The van der Waals surface area contributed by atoms with Crippen LogP contribution in [0.2, 0.25) is 0 Å². The van der Waals surface area contributed by atoms with Crippen LogP contribution in [0, 0.1) is 0 Å². The molecule has 6 heteroatoms. The molecule has 1 aromatic heterocycles. The second kappa shape index (κ2) is 4.26. The lowest BCUT2D eigenvalue weighted by Crippen LogP contribution is -2.20. The lowest BCUT2D eigenvalue weighted by Gasteiger charge is -2.07. The van der Waals surface area contributed by atoms with Gasteiger partial charge in [-0.05, 0) is 5.57 Å². The van der Waals surface area contributed by atoms with E-state index in [1.807, 2.05) is 6.20 Å². The molecule has 2 heterocycles. The molecule has 0 saturated carbocycles. The first-order valence-corrected chi connectivity index (χ1v) is 5.78. The van der Waals surface area contributed by atoms with Gasteiger partial charge in [0.2, 0.25) is 11.2 Å². The minimum atomic E-state index is -1.17. The molecule has 1 atom stereocenters. The molecule has 0 saturated heterocycles. The lowest BCUT2D eigenvalue weighted by molar-refractivity contribution is 0.594. The summed E-state index contributed by atoms with van der Waals surface area (Å²) in [5, 5.41) is 3.20. The highest BCUT2D eigenvalue weighted by Crippen LogP contribution is 2.14. The maximum absolute atomic E-state index is 11.7. The molecule has 1 aliphatic rings. The molecule has 2 rings (SSSR count). The van der Waals surface area contributed by atoms with Gasteiger partial charge in [0.25, 0.3) is 0 Å². The number of nitrogens with one attached hydrogen (secondary N) is 1. The highest BCUT2D eigenvalue weighted by molar-refractivity contribution is 7.81. The van der Waals surface area contributed by atoms with Crippen molar-refractivity contribution in [2.24, 2.45) is 0 Å². The van der Waals surface area contributed by atoms with Crippen LogP contribution in [0.4, 0.5) is 0 Å². The zero-order valence-electron chi connectivity index (χ0n) is 8.80. The Bertz CT molecular complexity index is 410. The molecule has 1 N–H and O–H groups in total. The SMILES string of the molecule is CN(C)S(=O)n1cnc(C2=CCNC2)c1. The van der Waals surface area contributed by atoms with Crippen LogP contribution in [0.25, 0.3) is 5.57 Å². The van der Waals surface area contributed by atoms with E-state index in [4.69, 9.17) is 0 Å². The van der Waals surface area contributed by atoms with Crippen LogP contribution >= 0.6 is 0 Å². The van der Waals surface area contributed by atoms with Crippen molar-refractivity contribution in [1.82, 2.24) is 18.6 Å². The van der Waals surface area contributed by atoms with Crippen molar-refractivity contribution in [1.29, 1.82) is 0 Å². The van der Waals surface area contributed by atoms with Crippen molar-refractivity contribution >= 4 is 16.7 Å². The molecule has 0 bridgehead atoms. The highest BCUT2D eigenvalue weighted by Gasteiger charge is 2.12. The number of rotatable bonds is 3. The molecule has 15 heavy (non-hydrogen) atoms. The van der Waals surface area contributed by atoms with Gasteiger partial charge in [-0.2, -0.15) is 0 Å². The maximum atomic E-state index is 11.7. The summed E-state index contributed by atoms with van der Waals surface area (Å²) >= 11 is -1.17. The molecule has 5 nitrogen and oxygen atoms in total. The van der Waals surface area contributed by atoms with E-state index >= 15 is 0 Å². The monoisotopic (exact) mass is 226 g/mol. The molecular formula is C9H14N4OS. The van der Waals surface area contributed by atoms with Crippen LogP contribution in [0.5, 0.6) is 0 Å². The Morgan fingerprint density at radius 2 is 2.40 bits per heavy atom. The van der Waals surface area contributed by atoms with Crippen LogP contribution in [-0.2, 0) is 11.2 Å². The van der Waals surface area contributed by atoms with E-state index in [0.29, 0.717) is 0 Å². The Balaban J connectivity index is 2.20. The van der Waals surface area contributed by atoms with Crippen LogP contribution < -0.4 is 5.32 Å². The maximum Gasteiger partial charge on any atom is 0.203 e. The number of hydrogen-bond donors (Lipinski definition) is 1. The zero-order chi connectivity index (χ0) is 10.8. The summed E-state index contributed by atoms with van der Waals surface area (Å²) in [4.78, 5) is 4.24. The smallest absolute Gasteiger partial charge is 0.203 e. The van der Waals surface area contributed by atoms with Gasteiger partial charge in [-0.1, -0.05) is 6.08 Å². The number of nitrogens with zero attached hydrogens (tertiary/aromatic N) is 3. The molecule has 0 amide bonds. The normalized spacial score (nSPS) is 18.2. The topological polar surface area (TPSA) is 50.2 Å². The third-order valence-corrected chi connectivity index (χ3v) is 3.38. The average Bonchev–Trinajstić information content (AvgIpc) is 2.86. The van der Waals surface area contributed by atoms with Gasteiger partial charge in [-0.3, -0.25) is 0 Å². The van der Waals surface area contributed by atoms with Gasteiger partial charge in [-0.15, -0.1) is 0 Å². The highest BCUT2D eigenvalue weighted by atomic mass is 32.2. The zero-order valence-corrected chi connectivity index (χ0v) is 9.62. The van der Waals surface area contributed by atoms with E-state index in [0.717, 1.165) is 18.8 Å². The second-order valence-electron chi connectivity index (χ2n) is 3.52. The van der Waals surface area contributed by atoms with Gasteiger partial charge in [0.15, 0.2) is 0 Å². The second-order valence-corrected chi connectivity index (χ2v) is 5.14. The van der Waals surface area contributed by atoms with Gasteiger partial charge in [-0.25, -0.2) is 17.5 Å². The fraction of sp³-hybridized carbons (Fsp3) is 0.444. The molecule has 1 aromatic rings. The summed E-state index contributed by atoms with van der Waals surface area (Å²) in [6.07, 6.45) is 5.52. The fourth-order valence-corrected chi connectivity index (χ4v) is 2.11. The van der Waals surface area contributed by atoms with Crippen molar-refractivity contribution in [3.63, 3.8) is 0 Å². The van der Waals surface area contributed by atoms with Gasteiger partial charge in [0.1, 0.15) is 6.33 Å². The van der Waals surface area contributed by atoms with Crippen molar-refractivity contribution in [2.75, 3.05) is 27.2 Å². The number of hydrogen-bond acceptors (Lipinski definition) is 3. The van der Waals surface area contributed by atoms with Crippen molar-refractivity contribution < 1.29 is 4.21 Å². The third-order valence-electron chi connectivity index (χ3n) is 2.19. The van der Waals surface area contributed by atoms with E-state index in [2.05, 4.69) is 16.4 Å². The summed E-state index contributed by atoms with van der Waals surface area (Å²) in [6.45, 7) is 1.73. The summed E-state index contributed by atoms with van der Waals surface area (Å²) < 4.78 is 14.9. The van der Waals surface area contributed by atoms with Crippen LogP contribution in [0.1, 0.15) is 5.69 Å². The average molecular weight is 226 g/mol. The van der Waals surface area contributed by atoms with Gasteiger partial charge < -0.3 is 5.32 Å². The van der Waals surface area contributed by atoms with Crippen LogP contribution in [0.15, 0.2) is 18.6 Å². The molecule has 0 aliphatic carbocycles. The Hall–Kier alpha value is -0.980. The first-order chi connectivity index (χ1) is 7.18. The molecule has 1 unspecified atom stereocenters. The number of aromatic nitrogens is 2. The minimum Gasteiger partial charge on any atom is -0.309 e. The molecule has 0 spiro atoms. The van der Waals surface area contributed by atoms with Crippen molar-refractivity contribution in [3.05, 3.63) is 24.3 Å². The lowest BCUT2D eigenvalue weighted by atomic mass is 10.2. The van der Waals surface area contributed by atoms with Crippen LogP contribution in [-0.4, -0.2) is 44.7 Å². The first kappa shape index (κ1) is 10.5. The summed E-state index contributed by atoms with van der Waals surface area (Å²) in [6, 6.07) is 0. The molecule has 0 fully saturated rings. The van der Waals surface area contributed by atoms with E-state index in [9.17, 15) is 4.21 Å². The predicted molar refractivity (Wildman–Crippen MR) is 60.3 cm³/mol. The van der Waals surface area contributed by atoms with E-state index in [-0.39, 0.29) is 0 Å². The third kappa shape index (κ3) is 2.17. The van der Waals surface area contributed by atoms with E-state index in [1.165, 1.54) is 5.57 Å². The van der Waals surface area contributed by atoms with Crippen molar-refractivity contribution in [2.45, 2.75) is 0 Å². The summed E-state index contributed by atoms with van der Waals surface area (Å²) in [5.74, 6) is 0. The Labute approximate surface area is 91.5 Å². The standard InChI is InChI=1S/C9H14N4OS/c1-12(2)15(14)13-6-9(11-7-13)8-3-4-10-5-8/h3,6-7,10H,4-5H2,1-2H3. The molecule has 0 radical (unpaired) electrons. The van der Waals surface area contributed by atoms with Gasteiger partial charge in [0, 0.05) is 33.4 Å². The largest absolute Gasteiger partial charge is 0.309 e. The molecule has 0 aromatic carbocycles. The predicted octanol–water partition coefficient (Wildman–Crippen LogP) is -0.142. The minimum absolute atomic E-state index is 0.839. The number of imidazole rings is 1. The van der Waals surface area contributed by atoms with Crippen molar-refractivity contribution in [3.8, 4) is 0 Å². The molecule has 1 aliphatic heterocycles. The summed E-state index contributed by atoms with van der Waals surface area (Å²) in [5.41, 5.74) is 2.07. The Kier molecular flexibility index (Phi) is 2.99. The molecular weight excluding hydrogens is 212 g/mol. The van der Waals surface area contributed by atoms with E-state index < -0.39 is 11.2 Å². The quantitative estimate of drug-likeness (QED) is 0.780. The van der Waals surface area contributed by atoms with Crippen LogP contribution in [0.3, 0.4) is 0 Å². The Morgan fingerprint density at radius 1 is 1.60 bits per heavy atom. The fourth-order valence-electron chi connectivity index (χ4n) is 1.42. The molecule has 82 valence electrons. The summed E-state index contributed by atoms with van der Waals surface area (Å²) in [7, 11) is 3.54. The Morgan fingerprint density at radius 3 is 3.00 bits per heavy atom.